The van der Waals surface area contributed by atoms with E-state index >= 15 is 0 Å². The van der Waals surface area contributed by atoms with Gasteiger partial charge in [0.25, 0.3) is 0 Å². The van der Waals surface area contributed by atoms with Crippen molar-refractivity contribution in [1.29, 1.82) is 0 Å². The van der Waals surface area contributed by atoms with Crippen molar-refractivity contribution in [3.05, 3.63) is 30.0 Å². The summed E-state index contributed by atoms with van der Waals surface area (Å²) in [7, 11) is 12.1. The SMILES string of the molecule is [B]C([B])c1c(C)c(-c2cncnc2)nn1C1CC2(C1)CN(C(=O)OC(C)(C)C)C2. The molecule has 0 N–H and O–H groups in total. The normalized spacial score (nSPS) is 18.6. The van der Waals surface area contributed by atoms with E-state index in [1.54, 1.807) is 17.3 Å². The zero-order valence-electron chi connectivity index (χ0n) is 17.4. The van der Waals surface area contributed by atoms with Crippen LogP contribution in [0, 0.1) is 12.3 Å². The number of aromatic nitrogens is 4. The molecule has 1 aliphatic heterocycles. The Hall–Kier alpha value is -2.31. The molecule has 0 aromatic carbocycles. The van der Waals surface area contributed by atoms with E-state index in [0.29, 0.717) is 0 Å². The highest BCUT2D eigenvalue weighted by Crippen LogP contribution is 2.55. The van der Waals surface area contributed by atoms with Crippen molar-refractivity contribution in [2.75, 3.05) is 13.1 Å². The number of carbonyl (C=O) groups excluding carboxylic acids is 1. The predicted octanol–water partition coefficient (Wildman–Crippen LogP) is 2.56. The average molecular weight is 389 g/mol. The molecule has 9 heteroatoms. The third kappa shape index (κ3) is 3.67. The van der Waals surface area contributed by atoms with Gasteiger partial charge in [-0.2, -0.15) is 5.10 Å². The molecule has 2 fully saturated rings. The number of amides is 1. The van der Waals surface area contributed by atoms with Gasteiger partial charge in [-0.3, -0.25) is 4.68 Å². The van der Waals surface area contributed by atoms with Crippen LogP contribution in [0.3, 0.4) is 0 Å². The zero-order valence-corrected chi connectivity index (χ0v) is 17.4. The standard InChI is InChI=1S/C20H25B2N5O2/c1-12-15(13-7-23-11-24-8-13)25-27(16(12)17(21)22)14-5-20(6-14)9-26(10-20)18(28)29-19(2,3)4/h7-8,11,14,17H,5-6,9-10H2,1-4H3. The average Bonchev–Trinajstić information content (AvgIpc) is 2.89. The molecule has 0 bridgehead atoms. The molecular formula is C20H25B2N5O2. The lowest BCUT2D eigenvalue weighted by molar-refractivity contribution is -0.0931. The number of ether oxygens (including phenoxy) is 1. The number of rotatable bonds is 3. The molecule has 2 aromatic rings. The Morgan fingerprint density at radius 1 is 1.24 bits per heavy atom. The van der Waals surface area contributed by atoms with E-state index in [0.717, 1.165) is 48.4 Å². The van der Waals surface area contributed by atoms with Crippen LogP contribution in [-0.4, -0.2) is 65.1 Å². The van der Waals surface area contributed by atoms with Crippen LogP contribution in [0.15, 0.2) is 18.7 Å². The molecule has 0 atom stereocenters. The minimum absolute atomic E-state index is 0.146. The first kappa shape index (κ1) is 20.0. The molecule has 7 nitrogen and oxygen atoms in total. The number of hydrogen-bond acceptors (Lipinski definition) is 5. The van der Waals surface area contributed by atoms with Crippen LogP contribution in [0.1, 0.15) is 56.6 Å². The Bertz CT molecular complexity index is 909. The highest BCUT2D eigenvalue weighted by Gasteiger charge is 2.55. The lowest BCUT2D eigenvalue weighted by Gasteiger charge is -2.58. The molecule has 1 amide bonds. The van der Waals surface area contributed by atoms with Crippen molar-refractivity contribution >= 4 is 21.8 Å². The maximum Gasteiger partial charge on any atom is 0.410 e. The summed E-state index contributed by atoms with van der Waals surface area (Å²) in [4.78, 5) is 22.2. The van der Waals surface area contributed by atoms with E-state index < -0.39 is 11.3 Å². The third-order valence-electron chi connectivity index (χ3n) is 5.73. The number of hydrogen-bond donors (Lipinski definition) is 0. The van der Waals surface area contributed by atoms with Gasteiger partial charge in [-0.15, -0.1) is 0 Å². The Kier molecular flexibility index (Phi) is 4.74. The molecule has 2 aliphatic rings. The van der Waals surface area contributed by atoms with Gasteiger partial charge in [0, 0.05) is 42.2 Å². The maximum absolute atomic E-state index is 12.2. The van der Waals surface area contributed by atoms with Crippen molar-refractivity contribution in [3.63, 3.8) is 0 Å². The van der Waals surface area contributed by atoms with Crippen molar-refractivity contribution in [1.82, 2.24) is 24.6 Å². The Labute approximate surface area is 174 Å². The minimum Gasteiger partial charge on any atom is -0.444 e. The van der Waals surface area contributed by atoms with Crippen LogP contribution in [0.25, 0.3) is 11.3 Å². The van der Waals surface area contributed by atoms with Gasteiger partial charge in [-0.25, -0.2) is 14.8 Å². The Balaban J connectivity index is 1.47. The first-order valence-electron chi connectivity index (χ1n) is 9.92. The molecule has 2 aromatic heterocycles. The fourth-order valence-electron chi connectivity index (χ4n) is 4.50. The summed E-state index contributed by atoms with van der Waals surface area (Å²) in [5.74, 6) is 0. The van der Waals surface area contributed by atoms with Crippen molar-refractivity contribution < 1.29 is 9.53 Å². The third-order valence-corrected chi connectivity index (χ3v) is 5.73. The molecule has 148 valence electrons. The predicted molar refractivity (Wildman–Crippen MR) is 111 cm³/mol. The topological polar surface area (TPSA) is 73.1 Å². The van der Waals surface area contributed by atoms with Crippen LogP contribution >= 0.6 is 0 Å². The Morgan fingerprint density at radius 2 is 1.86 bits per heavy atom. The summed E-state index contributed by atoms with van der Waals surface area (Å²) in [5.41, 5.74) is 2.51. The van der Waals surface area contributed by atoms with Crippen LogP contribution < -0.4 is 0 Å². The van der Waals surface area contributed by atoms with Crippen LogP contribution in [0.2, 0.25) is 0 Å². The second kappa shape index (κ2) is 6.89. The van der Waals surface area contributed by atoms with Crippen molar-refractivity contribution in [2.45, 2.75) is 57.9 Å². The van der Waals surface area contributed by atoms with Gasteiger partial charge in [-0.05, 0) is 46.1 Å². The molecule has 3 heterocycles. The van der Waals surface area contributed by atoms with Gasteiger partial charge in [0.05, 0.1) is 27.4 Å². The van der Waals surface area contributed by atoms with Gasteiger partial charge >= 0.3 is 6.09 Å². The largest absolute Gasteiger partial charge is 0.444 e. The van der Waals surface area contributed by atoms with Crippen LogP contribution in [-0.2, 0) is 4.74 Å². The number of likely N-dealkylation sites (tertiary alicyclic amines) is 1. The zero-order chi connectivity index (χ0) is 21.0. The molecule has 4 rings (SSSR count). The second-order valence-electron chi connectivity index (χ2n) is 9.35. The molecule has 0 unspecified atom stereocenters. The lowest BCUT2D eigenvalue weighted by Crippen LogP contribution is -2.64. The minimum atomic E-state index is -0.614. The van der Waals surface area contributed by atoms with Crippen molar-refractivity contribution in [3.8, 4) is 11.3 Å². The summed E-state index contributed by atoms with van der Waals surface area (Å²) in [6, 6.07) is 0.220. The summed E-state index contributed by atoms with van der Waals surface area (Å²) in [6.45, 7) is 9.08. The smallest absolute Gasteiger partial charge is 0.410 e. The molecule has 1 saturated heterocycles. The van der Waals surface area contributed by atoms with Crippen molar-refractivity contribution in [2.24, 2.45) is 5.41 Å². The number of carbonyl (C=O) groups is 1. The first-order chi connectivity index (χ1) is 13.6. The fourth-order valence-corrected chi connectivity index (χ4v) is 4.50. The van der Waals surface area contributed by atoms with Gasteiger partial charge in [-0.1, -0.05) is 5.72 Å². The summed E-state index contributed by atoms with van der Waals surface area (Å²) in [6.07, 6.45) is 6.62. The van der Waals surface area contributed by atoms with Crippen LogP contribution in [0.5, 0.6) is 0 Å². The highest BCUT2D eigenvalue weighted by atomic mass is 16.6. The molecule has 1 saturated carbocycles. The lowest BCUT2D eigenvalue weighted by atomic mass is 9.60. The highest BCUT2D eigenvalue weighted by molar-refractivity contribution is 6.35. The van der Waals surface area contributed by atoms with E-state index in [4.69, 9.17) is 25.5 Å². The van der Waals surface area contributed by atoms with Gasteiger partial charge in [0.15, 0.2) is 0 Å². The Morgan fingerprint density at radius 3 is 2.41 bits per heavy atom. The molecule has 1 spiro atoms. The quantitative estimate of drug-likeness (QED) is 0.755. The van der Waals surface area contributed by atoms with E-state index in [-0.39, 0.29) is 17.6 Å². The van der Waals surface area contributed by atoms with E-state index in [2.05, 4.69) is 9.97 Å². The van der Waals surface area contributed by atoms with Gasteiger partial charge in [0.2, 0.25) is 0 Å². The van der Waals surface area contributed by atoms with Gasteiger partial charge < -0.3 is 9.64 Å². The molecule has 1 aliphatic carbocycles. The second-order valence-corrected chi connectivity index (χ2v) is 9.35. The first-order valence-corrected chi connectivity index (χ1v) is 9.92. The molecule has 29 heavy (non-hydrogen) atoms. The maximum atomic E-state index is 12.2. The molecular weight excluding hydrogens is 364 g/mol. The van der Waals surface area contributed by atoms with Gasteiger partial charge in [0.1, 0.15) is 11.9 Å². The molecule has 4 radical (unpaired) electrons. The van der Waals surface area contributed by atoms with Crippen LogP contribution in [0.4, 0.5) is 4.79 Å². The summed E-state index contributed by atoms with van der Waals surface area (Å²) >= 11 is 0. The van der Waals surface area contributed by atoms with E-state index in [1.807, 2.05) is 32.4 Å². The number of nitrogens with zero attached hydrogens (tertiary/aromatic N) is 5. The summed E-state index contributed by atoms with van der Waals surface area (Å²) in [5, 5.41) is 4.82. The fraction of sp³-hybridized carbons (Fsp3) is 0.600. The van der Waals surface area contributed by atoms with E-state index in [1.165, 1.54) is 6.33 Å². The monoisotopic (exact) mass is 389 g/mol. The van der Waals surface area contributed by atoms with E-state index in [9.17, 15) is 4.79 Å². The summed E-state index contributed by atoms with van der Waals surface area (Å²) < 4.78 is 7.43.